The van der Waals surface area contributed by atoms with Crippen LogP contribution in [0, 0.1) is 23.7 Å². The minimum atomic E-state index is -1.03. The maximum absolute atomic E-state index is 13.3. The second-order valence-corrected chi connectivity index (χ2v) is 16.5. The molecule has 0 bridgehead atoms. The number of cyclic esters (lactones) is 1. The van der Waals surface area contributed by atoms with Crippen LogP contribution in [0.2, 0.25) is 0 Å². The first-order chi connectivity index (χ1) is 29.5. The minimum absolute atomic E-state index is 0.0348. The Morgan fingerprint density at radius 1 is 0.902 bits per heavy atom. The van der Waals surface area contributed by atoms with Crippen LogP contribution >= 0.6 is 0 Å². The fraction of sp³-hybridized carbons (Fsp3) is 0.522. The predicted octanol–water partition coefficient (Wildman–Crippen LogP) is 5.10. The number of fused-ring (bicyclic) bond motifs is 2. The van der Waals surface area contributed by atoms with Gasteiger partial charge < -0.3 is 34.3 Å². The van der Waals surface area contributed by atoms with Gasteiger partial charge in [0.15, 0.2) is 0 Å². The fourth-order valence-corrected chi connectivity index (χ4v) is 9.18. The van der Waals surface area contributed by atoms with E-state index in [1.807, 2.05) is 30.3 Å². The van der Waals surface area contributed by atoms with Gasteiger partial charge in [0, 0.05) is 37.5 Å². The van der Waals surface area contributed by atoms with E-state index in [0.29, 0.717) is 44.9 Å². The molecule has 3 aliphatic heterocycles. The molecule has 1 unspecified atom stereocenters. The van der Waals surface area contributed by atoms with Crippen LogP contribution in [0.5, 0.6) is 0 Å². The number of anilines is 1. The Kier molecular flexibility index (Phi) is 14.7. The number of esters is 1. The number of carbonyl (C=O) groups excluding carboxylic acids is 6. The second kappa shape index (κ2) is 20.5. The molecule has 2 saturated heterocycles. The van der Waals surface area contributed by atoms with E-state index in [4.69, 9.17) is 23.7 Å². The zero-order valence-electron chi connectivity index (χ0n) is 34.8. The largest absolute Gasteiger partial charge is 0.462 e. The molecular formula is C46H56N4O11. The van der Waals surface area contributed by atoms with E-state index in [2.05, 4.69) is 48.0 Å². The molecule has 2 aromatic rings. The topological polar surface area (TPSA) is 188 Å². The Labute approximate surface area is 355 Å². The molecule has 0 saturated carbocycles. The van der Waals surface area contributed by atoms with E-state index in [0.717, 1.165) is 23.3 Å². The standard InChI is InChI=1S/C46H56N4O11/c1-28-23-31-12-11-29(2)34(14-13-32-25-33(26-40(52)60-32)59-27-30-7-4-3-5-8-30)41(31)38(24-28)61-46(56)48-18-20-58-22-21-57-19-17-47-36-10-6-9-35-42(36)45(55)50(44(35)54)37-15-16-39(51)49-43(37)53/h3-12,23,28-29,32-34,37-38,41,47H,13-22,24-27H2,1-2H3,(H,48,56)(H,49,51,53)/t28-,29-,32+,33+,34-,37?,38-,41-/m0/s1. The number of ether oxygens (including phenoxy) is 5. The molecule has 5 aliphatic rings. The van der Waals surface area contributed by atoms with E-state index in [1.54, 1.807) is 18.2 Å². The average Bonchev–Trinajstić information content (AvgIpc) is 3.49. The SMILES string of the molecule is C[C@H]1C=C2C=C[C@H](C)[C@H](CC[C@@H]3C[C@@H](OCc4ccccc4)CC(=O)O3)[C@H]2[C@@H](OC(=O)NCCOCCOCCNc2cccc3c2C(=O)N(C2CCC(=O)NC2=O)C3=O)C1. The normalized spacial score (nSPS) is 27.1. The average molecular weight is 841 g/mol. The molecule has 15 nitrogen and oxygen atoms in total. The number of alkyl carbamates (subject to hydrolysis) is 1. The van der Waals surface area contributed by atoms with Crippen molar-refractivity contribution in [1.29, 1.82) is 0 Å². The van der Waals surface area contributed by atoms with Gasteiger partial charge in [-0.3, -0.25) is 34.2 Å². The number of piperidine rings is 1. The molecule has 5 amide bonds. The van der Waals surface area contributed by atoms with Gasteiger partial charge in [-0.25, -0.2) is 4.79 Å². The number of hydrogen-bond acceptors (Lipinski definition) is 12. The summed E-state index contributed by atoms with van der Waals surface area (Å²) in [5.41, 5.74) is 3.10. The number of hydrogen-bond donors (Lipinski definition) is 3. The third kappa shape index (κ3) is 10.9. The van der Waals surface area contributed by atoms with Gasteiger partial charge in [0.2, 0.25) is 11.8 Å². The summed E-state index contributed by atoms with van der Waals surface area (Å²) in [4.78, 5) is 76.9. The number of rotatable bonds is 18. The Bertz CT molecular complexity index is 2000. The molecule has 0 spiro atoms. The first-order valence-electron chi connectivity index (χ1n) is 21.5. The number of carbonyl (C=O) groups is 6. The van der Waals surface area contributed by atoms with Crippen LogP contribution in [0.25, 0.3) is 0 Å². The van der Waals surface area contributed by atoms with Gasteiger partial charge in [-0.15, -0.1) is 0 Å². The Balaban J connectivity index is 0.799. The lowest BCUT2D eigenvalue weighted by molar-refractivity contribution is -0.164. The molecule has 2 aromatic carbocycles. The molecule has 0 aromatic heterocycles. The van der Waals surface area contributed by atoms with Gasteiger partial charge in [-0.1, -0.05) is 68.5 Å². The van der Waals surface area contributed by atoms with Crippen molar-refractivity contribution in [3.05, 3.63) is 89.0 Å². The van der Waals surface area contributed by atoms with E-state index in [9.17, 15) is 28.8 Å². The van der Waals surface area contributed by atoms with Crippen LogP contribution in [0.1, 0.15) is 85.1 Å². The van der Waals surface area contributed by atoms with Crippen LogP contribution < -0.4 is 16.0 Å². The van der Waals surface area contributed by atoms with Gasteiger partial charge >= 0.3 is 12.1 Å². The zero-order chi connectivity index (χ0) is 42.9. The van der Waals surface area contributed by atoms with Gasteiger partial charge in [-0.05, 0) is 66.7 Å². The number of nitrogens with zero attached hydrogens (tertiary/aromatic N) is 1. The maximum Gasteiger partial charge on any atom is 0.407 e. The van der Waals surface area contributed by atoms with E-state index in [1.165, 1.54) is 5.57 Å². The highest BCUT2D eigenvalue weighted by molar-refractivity contribution is 6.25. The number of allylic oxidation sites excluding steroid dienone is 3. The molecule has 3 heterocycles. The minimum Gasteiger partial charge on any atom is -0.462 e. The smallest absolute Gasteiger partial charge is 0.407 e. The summed E-state index contributed by atoms with van der Waals surface area (Å²) >= 11 is 0. The van der Waals surface area contributed by atoms with Crippen molar-refractivity contribution >= 4 is 41.4 Å². The Morgan fingerprint density at radius 3 is 2.48 bits per heavy atom. The second-order valence-electron chi connectivity index (χ2n) is 16.5. The van der Waals surface area contributed by atoms with Crippen molar-refractivity contribution in [2.45, 2.75) is 89.8 Å². The summed E-state index contributed by atoms with van der Waals surface area (Å²) < 4.78 is 29.4. The van der Waals surface area contributed by atoms with Crippen LogP contribution in [-0.2, 0) is 44.7 Å². The quantitative estimate of drug-likeness (QED) is 0.103. The van der Waals surface area contributed by atoms with Gasteiger partial charge in [0.1, 0.15) is 18.2 Å². The molecule has 15 heteroatoms. The number of amides is 5. The van der Waals surface area contributed by atoms with E-state index >= 15 is 0 Å². The Morgan fingerprint density at radius 2 is 1.69 bits per heavy atom. The summed E-state index contributed by atoms with van der Waals surface area (Å²) in [5, 5.41) is 8.18. The predicted molar refractivity (Wildman–Crippen MR) is 222 cm³/mol. The fourth-order valence-electron chi connectivity index (χ4n) is 9.18. The van der Waals surface area contributed by atoms with Crippen LogP contribution in [0.15, 0.2) is 72.3 Å². The first kappa shape index (κ1) is 43.7. The van der Waals surface area contributed by atoms with E-state index in [-0.39, 0.29) is 98.1 Å². The van der Waals surface area contributed by atoms with Crippen LogP contribution in [0.3, 0.4) is 0 Å². The van der Waals surface area contributed by atoms with Crippen molar-refractivity contribution in [1.82, 2.24) is 15.5 Å². The number of nitrogens with one attached hydrogen (secondary N) is 3. The molecule has 2 fully saturated rings. The molecule has 7 rings (SSSR count). The molecule has 2 aliphatic carbocycles. The van der Waals surface area contributed by atoms with Crippen LogP contribution in [-0.4, -0.2) is 104 Å². The summed E-state index contributed by atoms with van der Waals surface area (Å²) in [6.07, 6.45) is 8.79. The van der Waals surface area contributed by atoms with Crippen molar-refractivity contribution in [3.63, 3.8) is 0 Å². The van der Waals surface area contributed by atoms with Crippen molar-refractivity contribution in [2.24, 2.45) is 23.7 Å². The number of imide groups is 2. The summed E-state index contributed by atoms with van der Waals surface area (Å²) in [6.45, 7) is 6.54. The summed E-state index contributed by atoms with van der Waals surface area (Å²) in [6, 6.07) is 13.8. The summed E-state index contributed by atoms with van der Waals surface area (Å²) in [7, 11) is 0. The van der Waals surface area contributed by atoms with Crippen molar-refractivity contribution in [2.75, 3.05) is 44.8 Å². The number of benzene rings is 2. The maximum atomic E-state index is 13.3. The molecule has 8 atom stereocenters. The molecule has 61 heavy (non-hydrogen) atoms. The Hall–Kier alpha value is -5.38. The molecule has 3 N–H and O–H groups in total. The third-order valence-electron chi connectivity index (χ3n) is 12.1. The molecule has 0 radical (unpaired) electrons. The molecule has 326 valence electrons. The first-order valence-corrected chi connectivity index (χ1v) is 21.5. The molecular weight excluding hydrogens is 785 g/mol. The lowest BCUT2D eigenvalue weighted by Gasteiger charge is -2.43. The van der Waals surface area contributed by atoms with Crippen molar-refractivity contribution < 1.29 is 52.5 Å². The zero-order valence-corrected chi connectivity index (χ0v) is 34.8. The highest BCUT2D eigenvalue weighted by Gasteiger charge is 2.46. The highest BCUT2D eigenvalue weighted by atomic mass is 16.6. The van der Waals surface area contributed by atoms with Crippen molar-refractivity contribution in [3.8, 4) is 0 Å². The van der Waals surface area contributed by atoms with Gasteiger partial charge in [0.05, 0.1) is 56.7 Å². The van der Waals surface area contributed by atoms with Gasteiger partial charge in [0.25, 0.3) is 11.8 Å². The van der Waals surface area contributed by atoms with Gasteiger partial charge in [-0.2, -0.15) is 0 Å². The van der Waals surface area contributed by atoms with E-state index < -0.39 is 35.8 Å². The third-order valence-corrected chi connectivity index (χ3v) is 12.1. The highest BCUT2D eigenvalue weighted by Crippen LogP contribution is 2.45. The van der Waals surface area contributed by atoms with Crippen LogP contribution in [0.4, 0.5) is 10.5 Å². The lowest BCUT2D eigenvalue weighted by atomic mass is 9.65. The summed E-state index contributed by atoms with van der Waals surface area (Å²) in [5.74, 6) is -1.71. The lowest BCUT2D eigenvalue weighted by Crippen LogP contribution is -2.54. The monoisotopic (exact) mass is 840 g/mol.